The Hall–Kier alpha value is -2.66. The van der Waals surface area contributed by atoms with E-state index < -0.39 is 0 Å². The Bertz CT molecular complexity index is 891. The van der Waals surface area contributed by atoms with Crippen LogP contribution in [-0.4, -0.2) is 40.1 Å². The number of aromatic nitrogens is 2. The molecule has 0 saturated carbocycles. The largest absolute Gasteiger partial charge is 0.376 e. The molecule has 1 aliphatic heterocycles. The summed E-state index contributed by atoms with van der Waals surface area (Å²) in [5.74, 6) is 0.567. The molecule has 1 saturated heterocycles. The van der Waals surface area contributed by atoms with Crippen molar-refractivity contribution in [2.24, 2.45) is 5.92 Å². The van der Waals surface area contributed by atoms with E-state index in [1.807, 2.05) is 51.9 Å². The Labute approximate surface area is 159 Å². The van der Waals surface area contributed by atoms with E-state index in [4.69, 9.17) is 4.74 Å². The quantitative estimate of drug-likeness (QED) is 0.673. The highest BCUT2D eigenvalue weighted by atomic mass is 16.5. The number of amides is 1. The highest BCUT2D eigenvalue weighted by molar-refractivity contribution is 5.80. The van der Waals surface area contributed by atoms with Crippen molar-refractivity contribution in [1.29, 1.82) is 0 Å². The predicted molar refractivity (Wildman–Crippen MR) is 105 cm³/mol. The van der Waals surface area contributed by atoms with E-state index in [2.05, 4.69) is 17.1 Å². The number of fused-ring (bicyclic) bond motifs is 1. The number of benzene rings is 2. The zero-order valence-electron chi connectivity index (χ0n) is 15.5. The molecule has 1 aliphatic rings. The Morgan fingerprint density at radius 3 is 2.81 bits per heavy atom. The normalized spacial score (nSPS) is 17.3. The van der Waals surface area contributed by atoms with Crippen molar-refractivity contribution in [2.45, 2.75) is 26.0 Å². The predicted octanol–water partition coefficient (Wildman–Crippen LogP) is 3.49. The maximum atomic E-state index is 12.8. The van der Waals surface area contributed by atoms with Crippen molar-refractivity contribution in [2.75, 3.05) is 19.7 Å². The molecule has 4 rings (SSSR count). The molecule has 1 aromatic heterocycles. The van der Waals surface area contributed by atoms with Crippen molar-refractivity contribution in [3.05, 3.63) is 66.5 Å². The first kappa shape index (κ1) is 17.7. The van der Waals surface area contributed by atoms with Crippen molar-refractivity contribution in [3.63, 3.8) is 0 Å². The van der Waals surface area contributed by atoms with Crippen LogP contribution in [0.1, 0.15) is 18.4 Å². The van der Waals surface area contributed by atoms with Gasteiger partial charge in [0.1, 0.15) is 6.54 Å². The molecule has 0 bridgehead atoms. The van der Waals surface area contributed by atoms with Crippen LogP contribution in [-0.2, 0) is 22.7 Å². The van der Waals surface area contributed by atoms with Crippen LogP contribution in [0.25, 0.3) is 11.0 Å². The number of para-hydroxylation sites is 2. The van der Waals surface area contributed by atoms with Crippen molar-refractivity contribution in [1.82, 2.24) is 14.5 Å². The number of rotatable bonds is 6. The number of ether oxygens (including phenoxy) is 1. The average molecular weight is 363 g/mol. The summed E-state index contributed by atoms with van der Waals surface area (Å²) in [5.41, 5.74) is 3.12. The van der Waals surface area contributed by atoms with Crippen LogP contribution in [0.3, 0.4) is 0 Å². The van der Waals surface area contributed by atoms with Crippen LogP contribution in [0.15, 0.2) is 60.9 Å². The maximum absolute atomic E-state index is 12.8. The van der Waals surface area contributed by atoms with Gasteiger partial charge in [0.25, 0.3) is 0 Å². The van der Waals surface area contributed by atoms with Crippen molar-refractivity contribution in [3.8, 4) is 0 Å². The second-order valence-electron chi connectivity index (χ2n) is 7.21. The van der Waals surface area contributed by atoms with E-state index in [0.717, 1.165) is 37.0 Å². The highest BCUT2D eigenvalue weighted by Crippen LogP contribution is 2.19. The lowest BCUT2D eigenvalue weighted by Crippen LogP contribution is -2.42. The first-order chi connectivity index (χ1) is 13.3. The molecule has 0 spiro atoms. The fraction of sp³-hybridized carbons (Fsp3) is 0.364. The lowest BCUT2D eigenvalue weighted by atomic mass is 9.99. The lowest BCUT2D eigenvalue weighted by Gasteiger charge is -2.32. The number of likely N-dealkylation sites (tertiary alicyclic amines) is 1. The lowest BCUT2D eigenvalue weighted by molar-refractivity contribution is -0.134. The Balaban J connectivity index is 1.30. The maximum Gasteiger partial charge on any atom is 0.242 e. The highest BCUT2D eigenvalue weighted by Gasteiger charge is 2.24. The van der Waals surface area contributed by atoms with Crippen molar-refractivity contribution < 1.29 is 9.53 Å². The summed E-state index contributed by atoms with van der Waals surface area (Å²) in [7, 11) is 0. The van der Waals surface area contributed by atoms with Crippen LogP contribution in [0.5, 0.6) is 0 Å². The molecule has 27 heavy (non-hydrogen) atoms. The molecule has 1 atom stereocenters. The molecule has 1 unspecified atom stereocenters. The SMILES string of the molecule is O=C(Cn1cnc2ccccc21)N1CCCC(COCc2ccccc2)C1. The van der Waals surface area contributed by atoms with Gasteiger partial charge in [-0.25, -0.2) is 4.98 Å². The molecule has 0 N–H and O–H groups in total. The molecule has 2 aromatic carbocycles. The number of piperidine rings is 1. The molecule has 2 heterocycles. The summed E-state index contributed by atoms with van der Waals surface area (Å²) in [6.07, 6.45) is 3.91. The molecule has 3 aromatic rings. The van der Waals surface area contributed by atoms with E-state index in [0.29, 0.717) is 25.7 Å². The van der Waals surface area contributed by atoms with E-state index in [1.54, 1.807) is 6.33 Å². The fourth-order valence-corrected chi connectivity index (χ4v) is 3.73. The molecular formula is C22H25N3O2. The zero-order chi connectivity index (χ0) is 18.5. The number of carbonyl (C=O) groups excluding carboxylic acids is 1. The molecular weight excluding hydrogens is 338 g/mol. The van der Waals surface area contributed by atoms with E-state index >= 15 is 0 Å². The number of nitrogens with zero attached hydrogens (tertiary/aromatic N) is 3. The summed E-state index contributed by atoms with van der Waals surface area (Å²) in [6, 6.07) is 18.1. The number of carbonyl (C=O) groups is 1. The standard InChI is InChI=1S/C22H25N3O2/c26-22(14-25-17-23-20-10-4-5-11-21(20)25)24-12-6-9-19(13-24)16-27-15-18-7-2-1-3-8-18/h1-5,7-8,10-11,17,19H,6,9,12-16H2. The van der Waals surface area contributed by atoms with Gasteiger partial charge in [0.2, 0.25) is 5.91 Å². The molecule has 140 valence electrons. The van der Waals surface area contributed by atoms with Crippen LogP contribution in [0.4, 0.5) is 0 Å². The summed E-state index contributed by atoms with van der Waals surface area (Å²) in [6.45, 7) is 3.29. The van der Waals surface area contributed by atoms with Gasteiger partial charge in [0, 0.05) is 13.1 Å². The molecule has 1 amide bonds. The summed E-state index contributed by atoms with van der Waals surface area (Å²) in [5, 5.41) is 0. The number of hydrogen-bond donors (Lipinski definition) is 0. The van der Waals surface area contributed by atoms with Crippen LogP contribution in [0, 0.1) is 5.92 Å². The molecule has 5 heteroatoms. The zero-order valence-corrected chi connectivity index (χ0v) is 15.5. The number of imidazole rings is 1. The van der Waals surface area contributed by atoms with Gasteiger partial charge in [0.15, 0.2) is 0 Å². The van der Waals surface area contributed by atoms with Gasteiger partial charge in [-0.1, -0.05) is 42.5 Å². The number of hydrogen-bond acceptors (Lipinski definition) is 3. The van der Waals surface area contributed by atoms with Gasteiger partial charge >= 0.3 is 0 Å². The van der Waals surface area contributed by atoms with Crippen LogP contribution < -0.4 is 0 Å². The van der Waals surface area contributed by atoms with E-state index in [9.17, 15) is 4.79 Å². The smallest absolute Gasteiger partial charge is 0.242 e. The average Bonchev–Trinajstić information content (AvgIpc) is 3.12. The first-order valence-corrected chi connectivity index (χ1v) is 9.59. The topological polar surface area (TPSA) is 47.4 Å². The Morgan fingerprint density at radius 1 is 1.11 bits per heavy atom. The van der Waals surface area contributed by atoms with Gasteiger partial charge in [0.05, 0.1) is 30.6 Å². The second kappa shape index (κ2) is 8.35. The minimum absolute atomic E-state index is 0.158. The molecule has 5 nitrogen and oxygen atoms in total. The van der Waals surface area contributed by atoms with Crippen LogP contribution in [0.2, 0.25) is 0 Å². The summed E-state index contributed by atoms with van der Waals surface area (Å²) >= 11 is 0. The fourth-order valence-electron chi connectivity index (χ4n) is 3.73. The second-order valence-corrected chi connectivity index (χ2v) is 7.21. The molecule has 0 aliphatic carbocycles. The van der Waals surface area contributed by atoms with Crippen LogP contribution >= 0.6 is 0 Å². The van der Waals surface area contributed by atoms with Gasteiger partial charge in [-0.2, -0.15) is 0 Å². The summed E-state index contributed by atoms with van der Waals surface area (Å²) in [4.78, 5) is 19.1. The van der Waals surface area contributed by atoms with Gasteiger partial charge < -0.3 is 14.2 Å². The third-order valence-corrected chi connectivity index (χ3v) is 5.17. The Morgan fingerprint density at radius 2 is 1.93 bits per heavy atom. The van der Waals surface area contributed by atoms with Gasteiger partial charge in [-0.05, 0) is 36.5 Å². The van der Waals surface area contributed by atoms with E-state index in [1.165, 1.54) is 5.56 Å². The van der Waals surface area contributed by atoms with Gasteiger partial charge in [-0.3, -0.25) is 4.79 Å². The minimum atomic E-state index is 0.158. The minimum Gasteiger partial charge on any atom is -0.376 e. The molecule has 1 fully saturated rings. The monoisotopic (exact) mass is 363 g/mol. The third kappa shape index (κ3) is 4.37. The van der Waals surface area contributed by atoms with E-state index in [-0.39, 0.29) is 5.91 Å². The van der Waals surface area contributed by atoms with Crippen molar-refractivity contribution >= 4 is 16.9 Å². The third-order valence-electron chi connectivity index (χ3n) is 5.17. The first-order valence-electron chi connectivity index (χ1n) is 9.59. The molecule has 0 radical (unpaired) electrons. The van der Waals surface area contributed by atoms with Gasteiger partial charge in [-0.15, -0.1) is 0 Å². The Kier molecular flexibility index (Phi) is 5.49. The summed E-state index contributed by atoms with van der Waals surface area (Å²) < 4.78 is 7.84.